The van der Waals surface area contributed by atoms with Crippen LogP contribution in [0.4, 0.5) is 0 Å². The molecule has 0 amide bonds. The van der Waals surface area contributed by atoms with Crippen molar-refractivity contribution >= 4 is 0 Å². The van der Waals surface area contributed by atoms with Crippen molar-refractivity contribution in [3.05, 3.63) is 5.82 Å². The van der Waals surface area contributed by atoms with Gasteiger partial charge in [0.2, 0.25) is 0 Å². The van der Waals surface area contributed by atoms with Gasteiger partial charge in [-0.25, -0.2) is 0 Å². The van der Waals surface area contributed by atoms with Crippen LogP contribution in [-0.4, -0.2) is 20.6 Å². The minimum Gasteiger partial charge on any atom is -0.177 e. The number of nitrogens with one attached hydrogen (secondary N) is 1. The number of tetrazole rings is 1. The van der Waals surface area contributed by atoms with Gasteiger partial charge in [0.1, 0.15) is 0 Å². The van der Waals surface area contributed by atoms with Gasteiger partial charge in [-0.15, -0.1) is 10.2 Å². The van der Waals surface area contributed by atoms with Crippen molar-refractivity contribution in [2.75, 3.05) is 0 Å². The number of aromatic amines is 1. The Kier molecular flexibility index (Phi) is 12.1. The fraction of sp³-hybridized carbons (Fsp3) is 0.941. The molecule has 0 bridgehead atoms. The third-order valence-electron chi connectivity index (χ3n) is 4.14. The molecule has 1 N–H and O–H groups in total. The number of nitrogens with zero attached hydrogens (tertiary/aromatic N) is 3. The number of H-pyrrole nitrogens is 1. The summed E-state index contributed by atoms with van der Waals surface area (Å²) in [4.78, 5) is 0. The number of hydrogen-bond donors (Lipinski definition) is 1. The van der Waals surface area contributed by atoms with Crippen LogP contribution in [0.15, 0.2) is 0 Å². The van der Waals surface area contributed by atoms with Crippen molar-refractivity contribution in [2.45, 2.75) is 103 Å². The smallest absolute Gasteiger partial charge is 0.174 e. The molecule has 0 aromatic carbocycles. The first-order valence-corrected chi connectivity index (χ1v) is 9.16. The Morgan fingerprint density at radius 3 is 1.57 bits per heavy atom. The highest BCUT2D eigenvalue weighted by Gasteiger charge is 1.98. The quantitative estimate of drug-likeness (QED) is 0.451. The predicted octanol–water partition coefficient (Wildman–Crippen LogP) is 5.22. The first kappa shape index (κ1) is 18.1. The van der Waals surface area contributed by atoms with Crippen LogP contribution in [0.2, 0.25) is 0 Å². The average Bonchev–Trinajstić information content (AvgIpc) is 3.01. The molecule has 4 nitrogen and oxygen atoms in total. The maximum atomic E-state index is 3.97. The van der Waals surface area contributed by atoms with Crippen LogP contribution in [0.1, 0.15) is 103 Å². The number of rotatable bonds is 15. The summed E-state index contributed by atoms with van der Waals surface area (Å²) in [7, 11) is 0. The average molecular weight is 294 g/mol. The lowest BCUT2D eigenvalue weighted by molar-refractivity contribution is 0.534. The third-order valence-corrected chi connectivity index (χ3v) is 4.14. The summed E-state index contributed by atoms with van der Waals surface area (Å²) in [6.07, 6.45) is 20.5. The maximum absolute atomic E-state index is 3.97. The lowest BCUT2D eigenvalue weighted by Gasteiger charge is -2.02. The molecule has 0 aliphatic rings. The van der Waals surface area contributed by atoms with Crippen LogP contribution in [0, 0.1) is 0 Å². The summed E-state index contributed by atoms with van der Waals surface area (Å²) < 4.78 is 0. The Morgan fingerprint density at radius 1 is 0.667 bits per heavy atom. The number of hydrogen-bond acceptors (Lipinski definition) is 3. The fourth-order valence-electron chi connectivity index (χ4n) is 2.77. The van der Waals surface area contributed by atoms with E-state index in [0.717, 1.165) is 12.2 Å². The highest BCUT2D eigenvalue weighted by Crippen LogP contribution is 2.13. The molecule has 1 aromatic rings. The molecule has 0 aliphatic carbocycles. The Morgan fingerprint density at radius 2 is 1.14 bits per heavy atom. The van der Waals surface area contributed by atoms with Crippen LogP contribution in [0.5, 0.6) is 0 Å². The Balaban J connectivity index is 1.69. The molecule has 1 aromatic heterocycles. The minimum atomic E-state index is 0.855. The van der Waals surface area contributed by atoms with Gasteiger partial charge in [0, 0.05) is 6.42 Å². The van der Waals surface area contributed by atoms with Crippen molar-refractivity contribution in [3.63, 3.8) is 0 Å². The minimum absolute atomic E-state index is 0.855. The van der Waals surface area contributed by atoms with Crippen LogP contribution in [-0.2, 0) is 6.42 Å². The summed E-state index contributed by atoms with van der Waals surface area (Å²) in [6, 6.07) is 0. The number of aromatic nitrogens is 4. The molecule has 0 atom stereocenters. The molecule has 0 unspecified atom stereocenters. The monoisotopic (exact) mass is 294 g/mol. The van der Waals surface area contributed by atoms with Crippen molar-refractivity contribution in [1.29, 1.82) is 0 Å². The second-order valence-corrected chi connectivity index (χ2v) is 6.17. The molecule has 0 radical (unpaired) electrons. The van der Waals surface area contributed by atoms with Gasteiger partial charge >= 0.3 is 0 Å². The lowest BCUT2D eigenvalue weighted by atomic mass is 10.0. The molecule has 0 saturated heterocycles. The first-order chi connectivity index (χ1) is 10.4. The molecule has 1 rings (SSSR count). The molecule has 0 aliphatic heterocycles. The normalized spacial score (nSPS) is 11.1. The fourth-order valence-corrected chi connectivity index (χ4v) is 2.77. The van der Waals surface area contributed by atoms with Gasteiger partial charge in [-0.2, -0.15) is 5.21 Å². The van der Waals surface area contributed by atoms with E-state index in [9.17, 15) is 0 Å². The van der Waals surface area contributed by atoms with E-state index >= 15 is 0 Å². The highest BCUT2D eigenvalue weighted by molar-refractivity contribution is 4.74. The topological polar surface area (TPSA) is 54.5 Å². The lowest BCUT2D eigenvalue weighted by Crippen LogP contribution is -1.89. The summed E-state index contributed by atoms with van der Waals surface area (Å²) >= 11 is 0. The van der Waals surface area contributed by atoms with Gasteiger partial charge in [-0.1, -0.05) is 95.6 Å². The zero-order chi connectivity index (χ0) is 15.0. The van der Waals surface area contributed by atoms with Crippen molar-refractivity contribution < 1.29 is 0 Å². The summed E-state index contributed by atoms with van der Waals surface area (Å²) in [5.41, 5.74) is 0. The number of aryl methyl sites for hydroxylation is 1. The van der Waals surface area contributed by atoms with Crippen molar-refractivity contribution in [2.24, 2.45) is 0 Å². The van der Waals surface area contributed by atoms with E-state index in [1.807, 2.05) is 0 Å². The van der Waals surface area contributed by atoms with Crippen LogP contribution in [0.25, 0.3) is 0 Å². The standard InChI is InChI=1S/C17H34N4/c1-2-3-4-5-6-7-8-9-10-11-12-13-14-15-16-17-18-20-21-19-17/h2-16H2,1H3,(H,18,19,20,21). The van der Waals surface area contributed by atoms with Gasteiger partial charge in [-0.05, 0) is 6.42 Å². The van der Waals surface area contributed by atoms with E-state index < -0.39 is 0 Å². The van der Waals surface area contributed by atoms with Crippen molar-refractivity contribution in [3.8, 4) is 0 Å². The van der Waals surface area contributed by atoms with Gasteiger partial charge in [0.25, 0.3) is 0 Å². The highest BCUT2D eigenvalue weighted by atomic mass is 15.5. The Bertz CT molecular complexity index is 298. The van der Waals surface area contributed by atoms with Gasteiger partial charge in [-0.3, -0.25) is 0 Å². The van der Waals surface area contributed by atoms with E-state index in [2.05, 4.69) is 27.5 Å². The molecule has 122 valence electrons. The largest absolute Gasteiger partial charge is 0.177 e. The molecule has 0 spiro atoms. The second kappa shape index (κ2) is 14.0. The zero-order valence-corrected chi connectivity index (χ0v) is 13.9. The summed E-state index contributed by atoms with van der Waals surface area (Å²) in [5.74, 6) is 0.855. The molecule has 21 heavy (non-hydrogen) atoms. The molecule has 0 saturated carbocycles. The van der Waals surface area contributed by atoms with E-state index in [-0.39, 0.29) is 0 Å². The van der Waals surface area contributed by atoms with Gasteiger partial charge < -0.3 is 0 Å². The van der Waals surface area contributed by atoms with E-state index in [1.165, 1.54) is 89.9 Å². The van der Waals surface area contributed by atoms with Crippen LogP contribution >= 0.6 is 0 Å². The van der Waals surface area contributed by atoms with E-state index in [4.69, 9.17) is 0 Å². The maximum Gasteiger partial charge on any atom is 0.174 e. The van der Waals surface area contributed by atoms with Crippen LogP contribution in [0.3, 0.4) is 0 Å². The van der Waals surface area contributed by atoms with E-state index in [0.29, 0.717) is 0 Å². The molecular formula is C17H34N4. The zero-order valence-electron chi connectivity index (χ0n) is 13.9. The Labute approximate surface area is 130 Å². The molecule has 0 fully saturated rings. The second-order valence-electron chi connectivity index (χ2n) is 6.17. The summed E-state index contributed by atoms with van der Waals surface area (Å²) in [5, 5.41) is 14.0. The molecular weight excluding hydrogens is 260 g/mol. The molecule has 1 heterocycles. The van der Waals surface area contributed by atoms with Crippen molar-refractivity contribution in [1.82, 2.24) is 20.6 Å². The Hall–Kier alpha value is -0.930. The van der Waals surface area contributed by atoms with Gasteiger partial charge in [0.05, 0.1) is 0 Å². The third kappa shape index (κ3) is 11.4. The van der Waals surface area contributed by atoms with Crippen LogP contribution < -0.4 is 0 Å². The SMILES string of the molecule is CCCCCCCCCCCCCCCCc1nn[nH]n1. The van der Waals surface area contributed by atoms with Gasteiger partial charge in [0.15, 0.2) is 5.82 Å². The number of unbranched alkanes of at least 4 members (excludes halogenated alkanes) is 13. The molecule has 4 heteroatoms. The van der Waals surface area contributed by atoms with E-state index in [1.54, 1.807) is 0 Å². The predicted molar refractivity (Wildman–Crippen MR) is 88.2 cm³/mol. The first-order valence-electron chi connectivity index (χ1n) is 9.16. The summed E-state index contributed by atoms with van der Waals surface area (Å²) in [6.45, 7) is 2.28.